The molecule has 0 aliphatic carbocycles. The van der Waals surface area contributed by atoms with Crippen LogP contribution in [0.5, 0.6) is 11.8 Å². The molecule has 33 heavy (non-hydrogen) atoms. The van der Waals surface area contributed by atoms with Gasteiger partial charge in [-0.15, -0.1) is 0 Å². The molecule has 3 rings (SSSR count). The Labute approximate surface area is 199 Å². The van der Waals surface area contributed by atoms with Crippen LogP contribution in [0.1, 0.15) is 43.5 Å². The van der Waals surface area contributed by atoms with Gasteiger partial charge >= 0.3 is 6.01 Å². The van der Waals surface area contributed by atoms with Gasteiger partial charge in [0.15, 0.2) is 15.6 Å². The molecule has 0 aliphatic rings. The Kier molecular flexibility index (Phi) is 7.92. The summed E-state index contributed by atoms with van der Waals surface area (Å²) in [5, 5.41) is 0.415. The molecule has 7 nitrogen and oxygen atoms in total. The molecule has 1 aromatic carbocycles. The molecule has 0 saturated heterocycles. The smallest absolute Gasteiger partial charge is 0.322 e. The van der Waals surface area contributed by atoms with Crippen molar-refractivity contribution in [2.45, 2.75) is 45.8 Å². The van der Waals surface area contributed by atoms with E-state index in [0.29, 0.717) is 46.1 Å². The molecular weight excluding hydrogens is 462 g/mol. The summed E-state index contributed by atoms with van der Waals surface area (Å²) in [5.74, 6) is 0.296. The van der Waals surface area contributed by atoms with Crippen LogP contribution in [0.25, 0.3) is 11.3 Å². The number of unbranched alkanes of at least 4 members (excludes halogenated alkanes) is 1. The van der Waals surface area contributed by atoms with E-state index in [1.165, 1.54) is 4.57 Å². The van der Waals surface area contributed by atoms with Crippen LogP contribution in [-0.2, 0) is 29.1 Å². The zero-order valence-corrected chi connectivity index (χ0v) is 20.8. The number of aromatic nitrogens is 3. The average Bonchev–Trinajstić information content (AvgIpc) is 2.76. The van der Waals surface area contributed by atoms with Crippen LogP contribution in [0.2, 0.25) is 5.02 Å². The zero-order valence-electron chi connectivity index (χ0n) is 19.3. The third-order valence-corrected chi connectivity index (χ3v) is 7.16. The molecule has 0 radical (unpaired) electrons. The van der Waals surface area contributed by atoms with Crippen molar-refractivity contribution in [3.8, 4) is 23.0 Å². The summed E-state index contributed by atoms with van der Waals surface area (Å²) in [6, 6.07) is 8.80. The normalized spacial score (nSPS) is 11.5. The highest BCUT2D eigenvalue weighted by Crippen LogP contribution is 2.33. The fourth-order valence-corrected chi connectivity index (χ4v) is 5.16. The summed E-state index contributed by atoms with van der Waals surface area (Å²) in [6.45, 7) is 5.65. The largest absolute Gasteiger partial charge is 0.422 e. The Morgan fingerprint density at radius 1 is 1.15 bits per heavy atom. The van der Waals surface area contributed by atoms with Gasteiger partial charge in [0.1, 0.15) is 0 Å². The van der Waals surface area contributed by atoms with Crippen LogP contribution in [0, 0.1) is 6.92 Å². The zero-order chi connectivity index (χ0) is 24.2. The van der Waals surface area contributed by atoms with Crippen LogP contribution in [-0.4, -0.2) is 28.7 Å². The standard InChI is InChI=1S/C24H28ClN3O4S/c1-5-7-11-33(30,31)15-19-13-21(18-12-16(3)23(29)28(4)14-18)27-24(26-19)32-22-17(6-2)9-8-10-20(22)25/h8-10,12-14H,5-7,11,15H2,1-4H3. The second-order valence-corrected chi connectivity index (χ2v) is 10.6. The summed E-state index contributed by atoms with van der Waals surface area (Å²) < 4.78 is 32.7. The number of benzene rings is 1. The maximum Gasteiger partial charge on any atom is 0.322 e. The SMILES string of the molecule is CCCCS(=O)(=O)Cc1cc(-c2cc(C)c(=O)n(C)c2)nc(Oc2c(Cl)cccc2CC)n1. The molecule has 2 heterocycles. The minimum atomic E-state index is -3.36. The van der Waals surface area contributed by atoms with Crippen molar-refractivity contribution in [1.29, 1.82) is 0 Å². The molecule has 2 aromatic heterocycles. The molecule has 0 atom stereocenters. The van der Waals surface area contributed by atoms with E-state index < -0.39 is 9.84 Å². The van der Waals surface area contributed by atoms with Crippen LogP contribution >= 0.6 is 11.6 Å². The molecule has 0 unspecified atom stereocenters. The number of para-hydroxylation sites is 1. The molecule has 176 valence electrons. The molecule has 0 spiro atoms. The number of rotatable bonds is 9. The van der Waals surface area contributed by atoms with Crippen LogP contribution in [0.4, 0.5) is 0 Å². The first-order valence-corrected chi connectivity index (χ1v) is 13.0. The van der Waals surface area contributed by atoms with Gasteiger partial charge in [-0.2, -0.15) is 9.97 Å². The van der Waals surface area contributed by atoms with E-state index in [1.807, 2.05) is 26.0 Å². The number of hydrogen-bond acceptors (Lipinski definition) is 6. The Bertz CT molecular complexity index is 1290. The first-order valence-electron chi connectivity index (χ1n) is 10.8. The number of halogens is 1. The predicted molar refractivity (Wildman–Crippen MR) is 131 cm³/mol. The maximum absolute atomic E-state index is 12.6. The summed E-state index contributed by atoms with van der Waals surface area (Å²) in [7, 11) is -1.70. The van der Waals surface area contributed by atoms with Crippen LogP contribution in [0.3, 0.4) is 0 Å². The molecule has 0 N–H and O–H groups in total. The van der Waals surface area contributed by atoms with Gasteiger partial charge in [0.05, 0.1) is 27.9 Å². The highest BCUT2D eigenvalue weighted by Gasteiger charge is 2.18. The van der Waals surface area contributed by atoms with Crippen molar-refractivity contribution < 1.29 is 13.2 Å². The highest BCUT2D eigenvalue weighted by atomic mass is 35.5. The number of hydrogen-bond donors (Lipinski definition) is 0. The quantitative estimate of drug-likeness (QED) is 0.425. The van der Waals surface area contributed by atoms with Gasteiger partial charge in [0, 0.05) is 24.4 Å². The van der Waals surface area contributed by atoms with Gasteiger partial charge in [0.2, 0.25) is 0 Å². The van der Waals surface area contributed by atoms with Crippen molar-refractivity contribution in [3.05, 3.63) is 68.7 Å². The second-order valence-electron chi connectivity index (χ2n) is 7.98. The van der Waals surface area contributed by atoms with Crippen LogP contribution in [0.15, 0.2) is 41.3 Å². The third kappa shape index (κ3) is 6.21. The lowest BCUT2D eigenvalue weighted by Gasteiger charge is -2.13. The molecule has 0 bridgehead atoms. The second kappa shape index (κ2) is 10.5. The van der Waals surface area contributed by atoms with E-state index in [9.17, 15) is 13.2 Å². The van der Waals surface area contributed by atoms with E-state index in [-0.39, 0.29) is 23.1 Å². The van der Waals surface area contributed by atoms with Gasteiger partial charge in [-0.1, -0.05) is 44.0 Å². The summed E-state index contributed by atoms with van der Waals surface area (Å²) >= 11 is 6.36. The fourth-order valence-electron chi connectivity index (χ4n) is 3.46. The molecule has 0 amide bonds. The third-order valence-electron chi connectivity index (χ3n) is 5.22. The summed E-state index contributed by atoms with van der Waals surface area (Å²) in [6.07, 6.45) is 3.72. The predicted octanol–water partition coefficient (Wildman–Crippen LogP) is 4.87. The van der Waals surface area contributed by atoms with Gasteiger partial charge in [-0.25, -0.2) is 8.42 Å². The number of aryl methyl sites for hydroxylation is 3. The Morgan fingerprint density at radius 3 is 2.58 bits per heavy atom. The lowest BCUT2D eigenvalue weighted by atomic mass is 10.1. The summed E-state index contributed by atoms with van der Waals surface area (Å²) in [4.78, 5) is 21.0. The van der Waals surface area contributed by atoms with Gasteiger partial charge < -0.3 is 9.30 Å². The molecule has 0 fully saturated rings. The lowest BCUT2D eigenvalue weighted by molar-refractivity contribution is 0.436. The Balaban J connectivity index is 2.11. The lowest BCUT2D eigenvalue weighted by Crippen LogP contribution is -2.18. The highest BCUT2D eigenvalue weighted by molar-refractivity contribution is 7.90. The topological polar surface area (TPSA) is 91.2 Å². The number of pyridine rings is 1. The van der Waals surface area contributed by atoms with E-state index in [2.05, 4.69) is 9.97 Å². The van der Waals surface area contributed by atoms with Crippen molar-refractivity contribution in [2.24, 2.45) is 7.05 Å². The van der Waals surface area contributed by atoms with E-state index in [1.54, 1.807) is 38.4 Å². The van der Waals surface area contributed by atoms with Crippen LogP contribution < -0.4 is 10.3 Å². The maximum atomic E-state index is 12.6. The van der Waals surface area contributed by atoms with E-state index in [4.69, 9.17) is 16.3 Å². The monoisotopic (exact) mass is 489 g/mol. The minimum Gasteiger partial charge on any atom is -0.422 e. The molecular formula is C24H28ClN3O4S. The molecule has 0 aliphatic heterocycles. The number of nitrogens with zero attached hydrogens (tertiary/aromatic N) is 3. The summed E-state index contributed by atoms with van der Waals surface area (Å²) in [5.41, 5.74) is 2.76. The first-order chi connectivity index (χ1) is 15.6. The van der Waals surface area contributed by atoms with Gasteiger partial charge in [0.25, 0.3) is 5.56 Å². The molecule has 3 aromatic rings. The van der Waals surface area contributed by atoms with Crippen molar-refractivity contribution in [1.82, 2.24) is 14.5 Å². The number of ether oxygens (including phenoxy) is 1. The van der Waals surface area contributed by atoms with E-state index in [0.717, 1.165) is 12.0 Å². The van der Waals surface area contributed by atoms with Crippen molar-refractivity contribution in [2.75, 3.05) is 5.75 Å². The fraction of sp³-hybridized carbons (Fsp3) is 0.375. The van der Waals surface area contributed by atoms with E-state index >= 15 is 0 Å². The van der Waals surface area contributed by atoms with Gasteiger partial charge in [-0.05, 0) is 43.5 Å². The Hall–Kier alpha value is -2.71. The van der Waals surface area contributed by atoms with Crippen molar-refractivity contribution in [3.63, 3.8) is 0 Å². The average molecular weight is 490 g/mol. The number of sulfone groups is 1. The first kappa shape index (κ1) is 24.9. The molecule has 0 saturated carbocycles. The van der Waals surface area contributed by atoms with Crippen molar-refractivity contribution >= 4 is 21.4 Å². The molecule has 9 heteroatoms. The minimum absolute atomic E-state index is 0.00231. The van der Waals surface area contributed by atoms with Gasteiger partial charge in [-0.3, -0.25) is 4.79 Å². The Morgan fingerprint density at radius 2 is 1.91 bits per heavy atom.